The molecule has 0 unspecified atom stereocenters. The molecule has 1 aliphatic heterocycles. The van der Waals surface area contributed by atoms with Crippen molar-refractivity contribution in [3.63, 3.8) is 0 Å². The number of aryl methyl sites for hydroxylation is 1. The minimum atomic E-state index is -0.407. The molecule has 1 N–H and O–H groups in total. The Labute approximate surface area is 234 Å². The molecule has 0 aromatic heterocycles. The van der Waals surface area contributed by atoms with Crippen LogP contribution in [0.1, 0.15) is 18.1 Å². The molecule has 3 aromatic carbocycles. The number of nitrogens with zero attached hydrogens (tertiary/aromatic N) is 1. The highest BCUT2D eigenvalue weighted by Gasteiger charge is 2.33. The molecule has 3 aromatic rings. The number of anilines is 2. The van der Waals surface area contributed by atoms with Crippen LogP contribution in [0, 0.1) is 6.92 Å². The average molecular weight is 574 g/mol. The van der Waals surface area contributed by atoms with E-state index in [4.69, 9.17) is 44.9 Å². The van der Waals surface area contributed by atoms with E-state index in [1.807, 2.05) is 38.1 Å². The molecule has 4 rings (SSSR count). The number of hydrogen-bond donors (Lipinski definition) is 1. The first-order chi connectivity index (χ1) is 17.8. The number of thioether (sulfide) groups is 1. The van der Waals surface area contributed by atoms with E-state index in [2.05, 4.69) is 5.32 Å². The van der Waals surface area contributed by atoms with Gasteiger partial charge in [-0.25, -0.2) is 0 Å². The molecule has 0 bridgehead atoms. The molecule has 190 valence electrons. The topological polar surface area (TPSA) is 67.9 Å². The summed E-state index contributed by atoms with van der Waals surface area (Å²) in [7, 11) is 0. The quantitative estimate of drug-likeness (QED) is 0.229. The van der Waals surface area contributed by atoms with Crippen LogP contribution < -0.4 is 19.7 Å². The molecule has 1 aliphatic rings. The monoisotopic (exact) mass is 572 g/mol. The van der Waals surface area contributed by atoms with Crippen LogP contribution in [0.2, 0.25) is 10.0 Å². The standard InChI is InChI=1S/C27H22Cl2N2O4S2/c1-3-34-22-13-17(14-23-26(33)31(27(36)37-23)18-10-7-16(2)8-11-18)9-12-21(22)35-15-24(32)30-20-6-4-5-19(28)25(20)29/h4-14H,3,15H2,1-2H3,(H,30,32)/b23-14-. The summed E-state index contributed by atoms with van der Waals surface area (Å²) in [5, 5.41) is 3.27. The fourth-order valence-corrected chi connectivity index (χ4v) is 5.11. The average Bonchev–Trinajstić information content (AvgIpc) is 3.14. The number of ether oxygens (including phenoxy) is 2. The van der Waals surface area contributed by atoms with Crippen molar-refractivity contribution in [1.82, 2.24) is 0 Å². The first-order valence-corrected chi connectivity index (χ1v) is 13.2. The second-order valence-corrected chi connectivity index (χ2v) is 10.4. The third kappa shape index (κ3) is 6.45. The van der Waals surface area contributed by atoms with E-state index < -0.39 is 5.91 Å². The van der Waals surface area contributed by atoms with Crippen LogP contribution in [-0.2, 0) is 9.59 Å². The molecule has 0 radical (unpaired) electrons. The van der Waals surface area contributed by atoms with Crippen LogP contribution in [-0.4, -0.2) is 29.3 Å². The smallest absolute Gasteiger partial charge is 0.270 e. The fourth-order valence-electron chi connectivity index (χ4n) is 3.47. The minimum Gasteiger partial charge on any atom is -0.490 e. The summed E-state index contributed by atoms with van der Waals surface area (Å²) in [5.74, 6) is 0.237. The molecule has 0 spiro atoms. The zero-order valence-electron chi connectivity index (χ0n) is 19.9. The van der Waals surface area contributed by atoms with E-state index in [-0.39, 0.29) is 17.5 Å². The van der Waals surface area contributed by atoms with Gasteiger partial charge in [-0.2, -0.15) is 0 Å². The highest BCUT2D eigenvalue weighted by molar-refractivity contribution is 8.27. The number of nitrogens with one attached hydrogen (secondary N) is 1. The molecular weight excluding hydrogens is 551 g/mol. The Kier molecular flexibility index (Phi) is 8.76. The normalized spacial score (nSPS) is 14.3. The summed E-state index contributed by atoms with van der Waals surface area (Å²) in [5.41, 5.74) is 2.95. The van der Waals surface area contributed by atoms with Crippen molar-refractivity contribution in [2.24, 2.45) is 0 Å². The largest absolute Gasteiger partial charge is 0.490 e. The number of thiocarbonyl (C=S) groups is 1. The lowest BCUT2D eigenvalue weighted by Gasteiger charge is -2.14. The van der Waals surface area contributed by atoms with Crippen LogP contribution in [0.25, 0.3) is 6.08 Å². The molecule has 1 saturated heterocycles. The number of carbonyl (C=O) groups excluding carboxylic acids is 2. The van der Waals surface area contributed by atoms with Crippen molar-refractivity contribution < 1.29 is 19.1 Å². The van der Waals surface area contributed by atoms with Gasteiger partial charge in [0.05, 0.1) is 32.9 Å². The summed E-state index contributed by atoms with van der Waals surface area (Å²) in [6, 6.07) is 17.8. The summed E-state index contributed by atoms with van der Waals surface area (Å²) in [4.78, 5) is 27.5. The third-order valence-electron chi connectivity index (χ3n) is 5.24. The second kappa shape index (κ2) is 12.0. The summed E-state index contributed by atoms with van der Waals surface area (Å²) < 4.78 is 11.9. The van der Waals surface area contributed by atoms with Gasteiger partial charge in [0.25, 0.3) is 11.8 Å². The van der Waals surface area contributed by atoms with E-state index in [1.165, 1.54) is 16.7 Å². The van der Waals surface area contributed by atoms with Crippen molar-refractivity contribution in [3.8, 4) is 11.5 Å². The van der Waals surface area contributed by atoms with E-state index >= 15 is 0 Å². The van der Waals surface area contributed by atoms with Gasteiger partial charge >= 0.3 is 0 Å². The highest BCUT2D eigenvalue weighted by Crippen LogP contribution is 2.37. The minimum absolute atomic E-state index is 0.187. The molecule has 1 heterocycles. The number of halogens is 2. The predicted molar refractivity (Wildman–Crippen MR) is 155 cm³/mol. The predicted octanol–water partition coefficient (Wildman–Crippen LogP) is 7.12. The lowest BCUT2D eigenvalue weighted by Crippen LogP contribution is -2.27. The first kappa shape index (κ1) is 27.0. The molecule has 6 nitrogen and oxygen atoms in total. The fraction of sp³-hybridized carbons (Fsp3) is 0.148. The van der Waals surface area contributed by atoms with Crippen molar-refractivity contribution in [1.29, 1.82) is 0 Å². The maximum atomic E-state index is 13.1. The van der Waals surface area contributed by atoms with E-state index in [9.17, 15) is 9.59 Å². The summed E-state index contributed by atoms with van der Waals surface area (Å²) in [6.07, 6.45) is 1.76. The zero-order chi connectivity index (χ0) is 26.5. The highest BCUT2D eigenvalue weighted by atomic mass is 35.5. The molecule has 0 atom stereocenters. The summed E-state index contributed by atoms with van der Waals surface area (Å²) in [6.45, 7) is 3.95. The Hall–Kier alpha value is -3.04. The Morgan fingerprint density at radius 3 is 2.57 bits per heavy atom. The van der Waals surface area contributed by atoms with E-state index in [1.54, 1.807) is 42.5 Å². The number of amides is 2. The number of hydrogen-bond acceptors (Lipinski definition) is 6. The maximum absolute atomic E-state index is 13.1. The van der Waals surface area contributed by atoms with Gasteiger partial charge < -0.3 is 14.8 Å². The number of benzene rings is 3. The Morgan fingerprint density at radius 1 is 1.08 bits per heavy atom. The van der Waals surface area contributed by atoms with Gasteiger partial charge in [-0.15, -0.1) is 0 Å². The summed E-state index contributed by atoms with van der Waals surface area (Å²) >= 11 is 18.8. The van der Waals surface area contributed by atoms with Crippen LogP contribution in [0.5, 0.6) is 11.5 Å². The molecule has 0 aliphatic carbocycles. The lowest BCUT2D eigenvalue weighted by molar-refractivity contribution is -0.118. The molecule has 2 amide bonds. The number of carbonyl (C=O) groups is 2. The Balaban J connectivity index is 1.48. The van der Waals surface area contributed by atoms with Gasteiger partial charge in [0, 0.05) is 0 Å². The van der Waals surface area contributed by atoms with Crippen LogP contribution in [0.4, 0.5) is 11.4 Å². The van der Waals surface area contributed by atoms with Crippen LogP contribution in [0.15, 0.2) is 65.6 Å². The van der Waals surface area contributed by atoms with Gasteiger partial charge in [-0.1, -0.05) is 77.0 Å². The van der Waals surface area contributed by atoms with Crippen LogP contribution >= 0.6 is 47.2 Å². The Morgan fingerprint density at radius 2 is 1.84 bits per heavy atom. The first-order valence-electron chi connectivity index (χ1n) is 11.2. The molecular formula is C27H22Cl2N2O4S2. The molecule has 0 saturated carbocycles. The van der Waals surface area contributed by atoms with Gasteiger partial charge in [0.1, 0.15) is 0 Å². The van der Waals surface area contributed by atoms with Crippen molar-refractivity contribution in [3.05, 3.63) is 86.7 Å². The lowest BCUT2D eigenvalue weighted by atomic mass is 10.1. The maximum Gasteiger partial charge on any atom is 0.270 e. The SMILES string of the molecule is CCOc1cc(/C=C2\SC(=S)N(c3ccc(C)cc3)C2=O)ccc1OCC(=O)Nc1cccc(Cl)c1Cl. The molecule has 10 heteroatoms. The Bertz CT molecular complexity index is 1390. The van der Waals surface area contributed by atoms with E-state index in [0.717, 1.165) is 16.8 Å². The van der Waals surface area contributed by atoms with Crippen molar-refractivity contribution >= 4 is 80.8 Å². The van der Waals surface area contributed by atoms with Gasteiger partial charge in [-0.3, -0.25) is 14.5 Å². The van der Waals surface area contributed by atoms with Gasteiger partial charge in [0.15, 0.2) is 22.4 Å². The third-order valence-corrected chi connectivity index (χ3v) is 7.36. The van der Waals surface area contributed by atoms with Crippen molar-refractivity contribution in [2.45, 2.75) is 13.8 Å². The second-order valence-electron chi connectivity index (χ2n) is 7.93. The zero-order valence-corrected chi connectivity index (χ0v) is 23.1. The molecule has 37 heavy (non-hydrogen) atoms. The van der Waals surface area contributed by atoms with Crippen molar-refractivity contribution in [2.75, 3.05) is 23.4 Å². The molecule has 1 fully saturated rings. The number of rotatable bonds is 8. The van der Waals surface area contributed by atoms with Gasteiger partial charge in [-0.05, 0) is 61.9 Å². The van der Waals surface area contributed by atoms with E-state index in [0.29, 0.717) is 38.0 Å². The van der Waals surface area contributed by atoms with Crippen LogP contribution in [0.3, 0.4) is 0 Å². The van der Waals surface area contributed by atoms with Gasteiger partial charge in [0.2, 0.25) is 0 Å².